The molecule has 0 amide bonds. The lowest BCUT2D eigenvalue weighted by molar-refractivity contribution is 0.590. The number of nitrogens with zero attached hydrogens (tertiary/aromatic N) is 1. The first-order valence-electron chi connectivity index (χ1n) is 6.95. The van der Waals surface area contributed by atoms with Crippen LogP contribution >= 0.6 is 0 Å². The second-order valence-corrected chi connectivity index (χ2v) is 6.46. The minimum Gasteiger partial charge on any atom is -0.256 e. The molecular formula is C18H23N. The molecule has 0 spiro atoms. The summed E-state index contributed by atoms with van der Waals surface area (Å²) in [6.07, 6.45) is 1.98. The van der Waals surface area contributed by atoms with Gasteiger partial charge in [0.25, 0.3) is 0 Å². The van der Waals surface area contributed by atoms with Crippen molar-refractivity contribution in [2.75, 3.05) is 0 Å². The summed E-state index contributed by atoms with van der Waals surface area (Å²) in [6.45, 7) is 11.1. The maximum atomic E-state index is 4.56. The van der Waals surface area contributed by atoms with Crippen LogP contribution in [0.15, 0.2) is 42.6 Å². The quantitative estimate of drug-likeness (QED) is 0.719. The Morgan fingerprint density at radius 1 is 0.895 bits per heavy atom. The zero-order chi connectivity index (χ0) is 14.0. The van der Waals surface area contributed by atoms with Gasteiger partial charge < -0.3 is 0 Å². The summed E-state index contributed by atoms with van der Waals surface area (Å²) >= 11 is 0. The molecule has 2 rings (SSSR count). The number of aromatic nitrogens is 1. The Labute approximate surface area is 116 Å². The van der Waals surface area contributed by atoms with E-state index < -0.39 is 0 Å². The predicted octanol–water partition coefficient (Wildman–Crippen LogP) is 5.17. The molecule has 0 aliphatic heterocycles. The van der Waals surface area contributed by atoms with Gasteiger partial charge in [-0.2, -0.15) is 0 Å². The van der Waals surface area contributed by atoms with Crippen LogP contribution in [0, 0.1) is 0 Å². The van der Waals surface area contributed by atoms with Gasteiger partial charge in [0.2, 0.25) is 0 Å². The largest absolute Gasteiger partial charge is 0.256 e. The van der Waals surface area contributed by atoms with Crippen molar-refractivity contribution in [3.8, 4) is 11.3 Å². The van der Waals surface area contributed by atoms with Gasteiger partial charge in [-0.1, -0.05) is 65.0 Å². The van der Waals surface area contributed by atoms with Crippen LogP contribution < -0.4 is 0 Å². The first-order chi connectivity index (χ1) is 8.88. The van der Waals surface area contributed by atoms with E-state index in [1.54, 1.807) is 0 Å². The highest BCUT2D eigenvalue weighted by Gasteiger charge is 2.13. The smallest absolute Gasteiger partial charge is 0.0702 e. The van der Waals surface area contributed by atoms with Gasteiger partial charge in [-0.05, 0) is 28.5 Å². The molecule has 0 atom stereocenters. The molecule has 1 aromatic carbocycles. The maximum absolute atomic E-state index is 4.56. The standard InChI is InChI=1S/C18H23N/c1-13(2)15-8-11-17(19-12-15)14-6-9-16(10-7-14)18(3,4)5/h6-13H,1-5H3. The summed E-state index contributed by atoms with van der Waals surface area (Å²) in [5.41, 5.74) is 5.08. The first kappa shape index (κ1) is 13.8. The number of hydrogen-bond donors (Lipinski definition) is 0. The topological polar surface area (TPSA) is 12.9 Å². The Balaban J connectivity index is 2.27. The van der Waals surface area contributed by atoms with Crippen molar-refractivity contribution in [1.29, 1.82) is 0 Å². The molecule has 1 aromatic heterocycles. The van der Waals surface area contributed by atoms with E-state index in [1.165, 1.54) is 16.7 Å². The Hall–Kier alpha value is -1.63. The number of benzene rings is 1. The predicted molar refractivity (Wildman–Crippen MR) is 82.5 cm³/mol. The van der Waals surface area contributed by atoms with E-state index >= 15 is 0 Å². The average molecular weight is 253 g/mol. The van der Waals surface area contributed by atoms with Gasteiger partial charge in [0.1, 0.15) is 0 Å². The maximum Gasteiger partial charge on any atom is 0.0702 e. The fraction of sp³-hybridized carbons (Fsp3) is 0.389. The van der Waals surface area contributed by atoms with Crippen LogP contribution in [0.5, 0.6) is 0 Å². The highest BCUT2D eigenvalue weighted by molar-refractivity contribution is 5.59. The summed E-state index contributed by atoms with van der Waals surface area (Å²) < 4.78 is 0. The molecule has 0 fully saturated rings. The van der Waals surface area contributed by atoms with Gasteiger partial charge >= 0.3 is 0 Å². The Morgan fingerprint density at radius 2 is 1.53 bits per heavy atom. The molecule has 0 unspecified atom stereocenters. The van der Waals surface area contributed by atoms with Gasteiger partial charge in [0.05, 0.1) is 5.69 Å². The van der Waals surface area contributed by atoms with E-state index in [1.807, 2.05) is 6.20 Å². The van der Waals surface area contributed by atoms with Crippen LogP contribution in [0.1, 0.15) is 51.7 Å². The van der Waals surface area contributed by atoms with Gasteiger partial charge in [-0.3, -0.25) is 4.98 Å². The average Bonchev–Trinajstić information content (AvgIpc) is 2.38. The van der Waals surface area contributed by atoms with E-state index in [0.717, 1.165) is 5.69 Å². The molecule has 0 aliphatic carbocycles. The molecule has 0 bridgehead atoms. The van der Waals surface area contributed by atoms with Crippen molar-refractivity contribution >= 4 is 0 Å². The minimum atomic E-state index is 0.202. The third-order valence-corrected chi connectivity index (χ3v) is 3.50. The lowest BCUT2D eigenvalue weighted by Gasteiger charge is -2.19. The van der Waals surface area contributed by atoms with Crippen molar-refractivity contribution in [2.24, 2.45) is 0 Å². The minimum absolute atomic E-state index is 0.202. The Bertz CT molecular complexity index is 527. The van der Waals surface area contributed by atoms with Gasteiger partial charge in [0, 0.05) is 11.8 Å². The molecule has 0 saturated heterocycles. The Kier molecular flexibility index (Phi) is 3.75. The van der Waals surface area contributed by atoms with Crippen LogP contribution in [0.4, 0.5) is 0 Å². The molecule has 0 saturated carbocycles. The highest BCUT2D eigenvalue weighted by atomic mass is 14.7. The zero-order valence-electron chi connectivity index (χ0n) is 12.6. The van der Waals surface area contributed by atoms with Crippen LogP contribution in [-0.2, 0) is 5.41 Å². The van der Waals surface area contributed by atoms with E-state index in [-0.39, 0.29) is 5.41 Å². The van der Waals surface area contributed by atoms with Crippen LogP contribution in [0.3, 0.4) is 0 Å². The SMILES string of the molecule is CC(C)c1ccc(-c2ccc(C(C)(C)C)cc2)nc1. The molecule has 100 valence electrons. The summed E-state index contributed by atoms with van der Waals surface area (Å²) in [4.78, 5) is 4.56. The fourth-order valence-electron chi connectivity index (χ4n) is 2.06. The normalized spacial score (nSPS) is 11.9. The van der Waals surface area contributed by atoms with Crippen LogP contribution in [0.2, 0.25) is 0 Å². The van der Waals surface area contributed by atoms with Gasteiger partial charge in [-0.15, -0.1) is 0 Å². The third-order valence-electron chi connectivity index (χ3n) is 3.50. The molecule has 1 heterocycles. The number of pyridine rings is 1. The second kappa shape index (κ2) is 5.16. The van der Waals surface area contributed by atoms with E-state index in [9.17, 15) is 0 Å². The molecule has 19 heavy (non-hydrogen) atoms. The molecule has 2 aromatic rings. The third kappa shape index (κ3) is 3.23. The van der Waals surface area contributed by atoms with Gasteiger partial charge in [-0.25, -0.2) is 0 Å². The number of hydrogen-bond acceptors (Lipinski definition) is 1. The van der Waals surface area contributed by atoms with Crippen molar-refractivity contribution in [3.63, 3.8) is 0 Å². The molecule has 1 nitrogen and oxygen atoms in total. The van der Waals surface area contributed by atoms with E-state index in [4.69, 9.17) is 0 Å². The zero-order valence-corrected chi connectivity index (χ0v) is 12.6. The number of rotatable bonds is 2. The lowest BCUT2D eigenvalue weighted by Crippen LogP contribution is -2.10. The van der Waals surface area contributed by atoms with Crippen molar-refractivity contribution in [2.45, 2.75) is 46.0 Å². The molecule has 0 radical (unpaired) electrons. The monoisotopic (exact) mass is 253 g/mol. The summed E-state index contributed by atoms with van der Waals surface area (Å²) in [7, 11) is 0. The first-order valence-corrected chi connectivity index (χ1v) is 6.95. The van der Waals surface area contributed by atoms with Crippen molar-refractivity contribution in [1.82, 2.24) is 4.98 Å². The highest BCUT2D eigenvalue weighted by Crippen LogP contribution is 2.25. The lowest BCUT2D eigenvalue weighted by atomic mass is 9.86. The van der Waals surface area contributed by atoms with Crippen LogP contribution in [0.25, 0.3) is 11.3 Å². The van der Waals surface area contributed by atoms with E-state index in [2.05, 4.69) is 76.0 Å². The second-order valence-electron chi connectivity index (χ2n) is 6.46. The molecular weight excluding hydrogens is 230 g/mol. The molecule has 1 heteroatoms. The van der Waals surface area contributed by atoms with Crippen molar-refractivity contribution < 1.29 is 0 Å². The van der Waals surface area contributed by atoms with Crippen LogP contribution in [-0.4, -0.2) is 4.98 Å². The van der Waals surface area contributed by atoms with Crippen molar-refractivity contribution in [3.05, 3.63) is 53.7 Å². The van der Waals surface area contributed by atoms with Gasteiger partial charge in [0.15, 0.2) is 0 Å². The van der Waals surface area contributed by atoms with E-state index in [0.29, 0.717) is 5.92 Å². The summed E-state index contributed by atoms with van der Waals surface area (Å²) in [5.74, 6) is 0.532. The summed E-state index contributed by atoms with van der Waals surface area (Å²) in [5, 5.41) is 0. The summed E-state index contributed by atoms with van der Waals surface area (Å²) in [6, 6.07) is 13.0. The Morgan fingerprint density at radius 3 is 1.95 bits per heavy atom. The fourth-order valence-corrected chi connectivity index (χ4v) is 2.06. The molecule has 0 aliphatic rings. The molecule has 0 N–H and O–H groups in total.